The van der Waals surface area contributed by atoms with Crippen LogP contribution in [-0.2, 0) is 24.8 Å². The second kappa shape index (κ2) is 12.2. The predicted molar refractivity (Wildman–Crippen MR) is 144 cm³/mol. The zero-order valence-electron chi connectivity index (χ0n) is 21.7. The van der Waals surface area contributed by atoms with Crippen LogP contribution in [0.3, 0.4) is 0 Å². The Morgan fingerprint density at radius 3 is 2.17 bits per heavy atom. The summed E-state index contributed by atoms with van der Waals surface area (Å²) < 4.78 is 89.4. The molecular formula is C24H30ClF2N5O6S2. The molecule has 2 aliphatic heterocycles. The number of hydrogen-bond acceptors (Lipinski definition) is 8. The fraction of sp³-hybridized carbons (Fsp3) is 0.458. The number of sulfonamides is 2. The standard InChI is InChI=1S/C24H30ClF2N5O6S2/c1-29-6-8-30(9-7-29)12-13-39(34,35)31-10-11-32(22(16-31)24(28)33)40(36,37)19-14-20(26)23(21(27)15-19)38-18-4-2-17(25)3-5-18/h2-5,14-15,22H,6-13,16H2,1H3,(H2,28,33)/t22-/m1/s1. The molecule has 0 radical (unpaired) electrons. The first-order valence-corrected chi connectivity index (χ1v) is 15.8. The lowest BCUT2D eigenvalue weighted by atomic mass is 10.2. The first-order chi connectivity index (χ1) is 18.8. The highest BCUT2D eigenvalue weighted by molar-refractivity contribution is 7.89. The van der Waals surface area contributed by atoms with Gasteiger partial charge < -0.3 is 15.4 Å². The Morgan fingerprint density at radius 1 is 1.00 bits per heavy atom. The summed E-state index contributed by atoms with van der Waals surface area (Å²) in [6, 6.07) is 5.21. The van der Waals surface area contributed by atoms with Crippen LogP contribution in [0.2, 0.25) is 5.02 Å². The van der Waals surface area contributed by atoms with Crippen molar-refractivity contribution in [2.45, 2.75) is 10.9 Å². The van der Waals surface area contributed by atoms with E-state index in [1.165, 1.54) is 24.3 Å². The van der Waals surface area contributed by atoms with Crippen LogP contribution >= 0.6 is 11.6 Å². The monoisotopic (exact) mass is 621 g/mol. The minimum atomic E-state index is -4.65. The molecule has 2 saturated heterocycles. The van der Waals surface area contributed by atoms with Gasteiger partial charge in [0.25, 0.3) is 0 Å². The van der Waals surface area contributed by atoms with Crippen molar-refractivity contribution in [3.8, 4) is 11.5 Å². The third-order valence-corrected chi connectivity index (χ3v) is 10.8. The maximum Gasteiger partial charge on any atom is 0.244 e. The number of hydrogen-bond donors (Lipinski definition) is 1. The molecule has 0 bridgehead atoms. The Hall–Kier alpha value is -2.40. The van der Waals surface area contributed by atoms with Crippen LogP contribution in [0.5, 0.6) is 11.5 Å². The van der Waals surface area contributed by atoms with Crippen molar-refractivity contribution in [2.75, 3.05) is 65.2 Å². The lowest BCUT2D eigenvalue weighted by Crippen LogP contribution is -2.61. The molecule has 0 saturated carbocycles. The highest BCUT2D eigenvalue weighted by Gasteiger charge is 2.42. The van der Waals surface area contributed by atoms with Crippen molar-refractivity contribution in [1.82, 2.24) is 18.4 Å². The van der Waals surface area contributed by atoms with Gasteiger partial charge in [-0.1, -0.05) is 11.6 Å². The van der Waals surface area contributed by atoms with Crippen molar-refractivity contribution in [1.29, 1.82) is 0 Å². The maximum atomic E-state index is 14.8. The number of amides is 1. The van der Waals surface area contributed by atoms with Gasteiger partial charge in [0, 0.05) is 57.4 Å². The molecule has 11 nitrogen and oxygen atoms in total. The average Bonchev–Trinajstić information content (AvgIpc) is 2.91. The van der Waals surface area contributed by atoms with Gasteiger partial charge in [0.2, 0.25) is 26.0 Å². The van der Waals surface area contributed by atoms with E-state index in [0.717, 1.165) is 30.5 Å². The quantitative estimate of drug-likeness (QED) is 0.441. The number of likely N-dealkylation sites (N-methyl/N-ethyl adjacent to an activating group) is 1. The highest BCUT2D eigenvalue weighted by atomic mass is 35.5. The van der Waals surface area contributed by atoms with E-state index < -0.39 is 67.4 Å². The molecule has 0 aliphatic carbocycles. The minimum absolute atomic E-state index is 0.0663. The van der Waals surface area contributed by atoms with Gasteiger partial charge in [-0.25, -0.2) is 25.6 Å². The molecule has 2 aliphatic rings. The Labute approximate surface area is 237 Å². The van der Waals surface area contributed by atoms with E-state index in [1.807, 2.05) is 11.9 Å². The lowest BCUT2D eigenvalue weighted by molar-refractivity contribution is -0.122. The van der Waals surface area contributed by atoms with Crippen LogP contribution in [-0.4, -0.2) is 112 Å². The maximum absolute atomic E-state index is 14.8. The van der Waals surface area contributed by atoms with Crippen molar-refractivity contribution in [3.05, 3.63) is 53.1 Å². The number of carbonyl (C=O) groups excluding carboxylic acids is 1. The Bertz CT molecular complexity index is 1430. The number of piperazine rings is 2. The molecular weight excluding hydrogens is 592 g/mol. The van der Waals surface area contributed by atoms with E-state index in [2.05, 4.69) is 4.90 Å². The molecule has 0 unspecified atom stereocenters. The molecule has 2 aromatic carbocycles. The number of carbonyl (C=O) groups is 1. The molecule has 16 heteroatoms. The molecule has 220 valence electrons. The third-order valence-electron chi connectivity index (χ3n) is 6.89. The first kappa shape index (κ1) is 30.6. The number of nitrogens with zero attached hydrogens (tertiary/aromatic N) is 4. The van der Waals surface area contributed by atoms with E-state index in [0.29, 0.717) is 28.0 Å². The van der Waals surface area contributed by atoms with Gasteiger partial charge in [-0.05, 0) is 43.4 Å². The molecule has 1 atom stereocenters. The van der Waals surface area contributed by atoms with Crippen LogP contribution in [0.25, 0.3) is 0 Å². The third kappa shape index (κ3) is 6.90. The number of primary amides is 1. The average molecular weight is 622 g/mol. The zero-order valence-corrected chi connectivity index (χ0v) is 24.1. The van der Waals surface area contributed by atoms with Gasteiger partial charge in [-0.15, -0.1) is 0 Å². The lowest BCUT2D eigenvalue weighted by Gasteiger charge is -2.38. The fourth-order valence-corrected chi connectivity index (χ4v) is 7.70. The van der Waals surface area contributed by atoms with Crippen molar-refractivity contribution in [3.63, 3.8) is 0 Å². The summed E-state index contributed by atoms with van der Waals surface area (Å²) in [6.45, 7) is 2.16. The van der Waals surface area contributed by atoms with Gasteiger partial charge in [0.15, 0.2) is 17.4 Å². The molecule has 0 spiro atoms. The predicted octanol–water partition coefficient (Wildman–Crippen LogP) is 1.15. The zero-order chi connectivity index (χ0) is 29.2. The summed E-state index contributed by atoms with van der Waals surface area (Å²) in [4.78, 5) is 15.7. The molecule has 40 heavy (non-hydrogen) atoms. The smallest absolute Gasteiger partial charge is 0.244 e. The molecule has 4 rings (SSSR count). The van der Waals surface area contributed by atoms with Crippen LogP contribution < -0.4 is 10.5 Å². The highest BCUT2D eigenvalue weighted by Crippen LogP contribution is 2.32. The molecule has 2 heterocycles. The van der Waals surface area contributed by atoms with Gasteiger partial charge in [0.05, 0.1) is 10.6 Å². The van der Waals surface area contributed by atoms with E-state index in [4.69, 9.17) is 22.1 Å². The van der Waals surface area contributed by atoms with Crippen molar-refractivity contribution < 1.29 is 35.1 Å². The molecule has 2 fully saturated rings. The van der Waals surface area contributed by atoms with Gasteiger partial charge in [-0.2, -0.15) is 8.61 Å². The van der Waals surface area contributed by atoms with E-state index in [9.17, 15) is 30.4 Å². The van der Waals surface area contributed by atoms with Gasteiger partial charge in [0.1, 0.15) is 11.8 Å². The summed E-state index contributed by atoms with van der Waals surface area (Å²) in [7, 11) is -6.51. The van der Waals surface area contributed by atoms with Crippen molar-refractivity contribution in [2.24, 2.45) is 5.73 Å². The van der Waals surface area contributed by atoms with Crippen LogP contribution in [0.4, 0.5) is 8.78 Å². The van der Waals surface area contributed by atoms with E-state index >= 15 is 0 Å². The largest absolute Gasteiger partial charge is 0.451 e. The molecule has 1 amide bonds. The summed E-state index contributed by atoms with van der Waals surface area (Å²) in [6.07, 6.45) is 0. The Kier molecular flexibility index (Phi) is 9.34. The molecule has 2 N–H and O–H groups in total. The summed E-state index contributed by atoms with van der Waals surface area (Å²) in [5.41, 5.74) is 5.47. The van der Waals surface area contributed by atoms with E-state index in [-0.39, 0.29) is 18.0 Å². The van der Waals surface area contributed by atoms with E-state index in [1.54, 1.807) is 0 Å². The fourth-order valence-electron chi connectivity index (χ4n) is 4.50. The number of benzene rings is 2. The van der Waals surface area contributed by atoms with Gasteiger partial charge in [-0.3, -0.25) is 9.69 Å². The first-order valence-electron chi connectivity index (χ1n) is 12.4. The number of rotatable bonds is 9. The topological polar surface area (TPSA) is 134 Å². The van der Waals surface area contributed by atoms with Gasteiger partial charge >= 0.3 is 0 Å². The summed E-state index contributed by atoms with van der Waals surface area (Å²) in [5, 5.41) is 0.377. The number of nitrogens with two attached hydrogens (primary N) is 1. The van der Waals surface area contributed by atoms with Crippen LogP contribution in [0, 0.1) is 11.6 Å². The minimum Gasteiger partial charge on any atom is -0.451 e. The van der Waals surface area contributed by atoms with Crippen molar-refractivity contribution >= 4 is 37.6 Å². The number of halogens is 3. The van der Waals surface area contributed by atoms with Crippen LogP contribution in [0.15, 0.2) is 41.3 Å². The second-order valence-corrected chi connectivity index (χ2v) is 14.0. The molecule has 0 aromatic heterocycles. The Morgan fingerprint density at radius 2 is 1.60 bits per heavy atom. The van der Waals surface area contributed by atoms with Crippen LogP contribution in [0.1, 0.15) is 0 Å². The molecule has 2 aromatic rings. The normalized spacial score (nSPS) is 20.4. The SMILES string of the molecule is CN1CCN(CCS(=O)(=O)N2CCN(S(=O)(=O)c3cc(F)c(Oc4ccc(Cl)cc4)c(F)c3)[C@@H](C(N)=O)C2)CC1. The number of ether oxygens (including phenoxy) is 1. The summed E-state index contributed by atoms with van der Waals surface area (Å²) >= 11 is 5.79. The Balaban J connectivity index is 1.49. The summed E-state index contributed by atoms with van der Waals surface area (Å²) in [5.74, 6) is -4.66. The second-order valence-electron chi connectivity index (χ2n) is 9.62.